The normalized spacial score (nSPS) is 18.5. The van der Waals surface area contributed by atoms with Gasteiger partial charge in [0.1, 0.15) is 29.7 Å². The summed E-state index contributed by atoms with van der Waals surface area (Å²) >= 11 is 0. The van der Waals surface area contributed by atoms with Gasteiger partial charge in [-0.15, -0.1) is 0 Å². The van der Waals surface area contributed by atoms with E-state index in [-0.39, 0.29) is 0 Å². The third-order valence-corrected chi connectivity index (χ3v) is 4.90. The van der Waals surface area contributed by atoms with E-state index in [1.165, 1.54) is 17.8 Å². The molecule has 0 bridgehead atoms. The number of nitrogens with two attached hydrogens (primary N) is 1. The number of carboxylic acid groups (broad SMARTS) is 1. The number of hydrogen-bond donors (Lipinski definition) is 2. The second kappa shape index (κ2) is 13.9. The summed E-state index contributed by atoms with van der Waals surface area (Å²) < 4.78 is 5.90. The molecular weight excluding hydrogens is 394 g/mol. The first-order valence-electron chi connectivity index (χ1n) is 10.3. The van der Waals surface area contributed by atoms with Crippen LogP contribution in [0.3, 0.4) is 0 Å². The molecule has 7 nitrogen and oxygen atoms in total. The number of allylic oxidation sites excluding steroid dienone is 3. The Morgan fingerprint density at radius 1 is 1.35 bits per heavy atom. The molecular formula is C24H33N3O4. The first-order chi connectivity index (χ1) is 14.9. The Morgan fingerprint density at radius 3 is 2.52 bits per heavy atom. The molecule has 168 valence electrons. The third kappa shape index (κ3) is 8.22. The highest BCUT2D eigenvalue weighted by Gasteiger charge is 2.31. The Labute approximate surface area is 184 Å². The van der Waals surface area contributed by atoms with Gasteiger partial charge in [0.2, 0.25) is 0 Å². The van der Waals surface area contributed by atoms with Gasteiger partial charge >= 0.3 is 5.97 Å². The molecule has 0 saturated carbocycles. The number of carbonyl (C=O) groups is 2. The second-order valence-electron chi connectivity index (χ2n) is 6.92. The number of aliphatic carboxylic acids is 1. The number of amidine groups is 1. The van der Waals surface area contributed by atoms with Crippen molar-refractivity contribution in [2.45, 2.75) is 46.1 Å². The van der Waals surface area contributed by atoms with E-state index in [4.69, 9.17) is 15.6 Å². The fourth-order valence-corrected chi connectivity index (χ4v) is 2.92. The Bertz CT molecular complexity index is 842. The van der Waals surface area contributed by atoms with Crippen molar-refractivity contribution < 1.29 is 19.4 Å². The SMILES string of the molecule is C/C=C(/CN)OC(=C(C)CC)c1ccccc1.CN1C(=N/C=C\C=O)CCC1C(=O)O. The number of likely N-dealkylation sites (N-methyl/N-ethyl adjacent to an activating group) is 1. The molecule has 0 aromatic heterocycles. The number of aldehydes is 1. The Balaban J connectivity index is 0.000000316. The number of carbonyl (C=O) groups excluding carboxylic acids is 1. The summed E-state index contributed by atoms with van der Waals surface area (Å²) in [6.45, 7) is 6.57. The van der Waals surface area contributed by atoms with Crippen LogP contribution in [0.2, 0.25) is 0 Å². The van der Waals surface area contributed by atoms with Crippen LogP contribution in [0.1, 0.15) is 45.6 Å². The fourth-order valence-electron chi connectivity index (χ4n) is 2.92. The van der Waals surface area contributed by atoms with Gasteiger partial charge in [0.25, 0.3) is 0 Å². The van der Waals surface area contributed by atoms with Gasteiger partial charge in [-0.2, -0.15) is 0 Å². The molecule has 1 aliphatic heterocycles. The number of nitrogens with zero attached hydrogens (tertiary/aromatic N) is 2. The highest BCUT2D eigenvalue weighted by molar-refractivity contribution is 5.91. The Hall–Kier alpha value is -3.19. The number of carboxylic acids is 1. The molecule has 1 aliphatic rings. The van der Waals surface area contributed by atoms with Gasteiger partial charge in [-0.05, 0) is 44.4 Å². The smallest absolute Gasteiger partial charge is 0.326 e. The van der Waals surface area contributed by atoms with Crippen LogP contribution in [0.15, 0.2) is 65.0 Å². The molecule has 1 atom stereocenters. The quantitative estimate of drug-likeness (QED) is 0.369. The summed E-state index contributed by atoms with van der Waals surface area (Å²) in [5, 5.41) is 8.80. The minimum Gasteiger partial charge on any atom is -0.480 e. The van der Waals surface area contributed by atoms with E-state index in [1.807, 2.05) is 31.2 Å². The molecule has 3 N–H and O–H groups in total. The van der Waals surface area contributed by atoms with E-state index >= 15 is 0 Å². The molecule has 1 heterocycles. The lowest BCUT2D eigenvalue weighted by Gasteiger charge is -2.17. The van der Waals surface area contributed by atoms with Crippen LogP contribution in [0, 0.1) is 0 Å². The van der Waals surface area contributed by atoms with E-state index in [9.17, 15) is 9.59 Å². The van der Waals surface area contributed by atoms with Crippen LogP contribution >= 0.6 is 0 Å². The number of benzene rings is 1. The summed E-state index contributed by atoms with van der Waals surface area (Å²) in [5.74, 6) is 1.59. The monoisotopic (exact) mass is 427 g/mol. The van der Waals surface area contributed by atoms with E-state index < -0.39 is 12.0 Å². The molecule has 0 spiro atoms. The lowest BCUT2D eigenvalue weighted by atomic mass is 10.1. The summed E-state index contributed by atoms with van der Waals surface area (Å²) in [5.41, 5.74) is 7.96. The van der Waals surface area contributed by atoms with Gasteiger partial charge in [-0.1, -0.05) is 37.3 Å². The zero-order valence-corrected chi connectivity index (χ0v) is 18.7. The predicted molar refractivity (Wildman–Crippen MR) is 124 cm³/mol. The standard InChI is InChI=1S/C15H21NO.C9H12N2O3/c1-4-12(3)15(17-14(5-2)11-16)13-9-7-6-8-10-13;1-11-7(9(13)14)3-4-8(11)10-5-2-6-12/h5-10H,4,11,16H2,1-3H3;2,5-7H,3-4H2,1H3,(H,13,14)/b14-5-,15-12?;5-2-,10-8?. The maximum absolute atomic E-state index is 10.7. The maximum atomic E-state index is 10.7. The van der Waals surface area contributed by atoms with E-state index in [0.717, 1.165) is 23.5 Å². The largest absolute Gasteiger partial charge is 0.480 e. The number of rotatable bonds is 8. The number of likely N-dealkylation sites (tertiary alicyclic amines) is 1. The van der Waals surface area contributed by atoms with Crippen molar-refractivity contribution in [1.29, 1.82) is 0 Å². The van der Waals surface area contributed by atoms with Crippen LogP contribution in [-0.4, -0.2) is 47.7 Å². The summed E-state index contributed by atoms with van der Waals surface area (Å²) in [7, 11) is 1.69. The van der Waals surface area contributed by atoms with E-state index in [2.05, 4.69) is 31.0 Å². The molecule has 1 aromatic carbocycles. The Kier molecular flexibility index (Phi) is 11.6. The zero-order chi connectivity index (χ0) is 23.2. The van der Waals surface area contributed by atoms with Crippen LogP contribution in [0.5, 0.6) is 0 Å². The average molecular weight is 428 g/mol. The summed E-state index contributed by atoms with van der Waals surface area (Å²) in [6.07, 6.45) is 7.36. The highest BCUT2D eigenvalue weighted by Crippen LogP contribution is 2.24. The van der Waals surface area contributed by atoms with Crippen LogP contribution < -0.4 is 5.73 Å². The molecule has 1 aromatic rings. The number of aliphatic imine (C=N–C) groups is 1. The first-order valence-corrected chi connectivity index (χ1v) is 10.3. The molecule has 7 heteroatoms. The fraction of sp³-hybridized carbons (Fsp3) is 0.375. The summed E-state index contributed by atoms with van der Waals surface area (Å²) in [4.78, 5) is 26.3. The van der Waals surface area contributed by atoms with Gasteiger partial charge in [-0.3, -0.25) is 4.79 Å². The first kappa shape index (κ1) is 25.8. The molecule has 2 rings (SSSR count). The van der Waals surface area contributed by atoms with Crippen molar-refractivity contribution in [3.05, 3.63) is 65.6 Å². The summed E-state index contributed by atoms with van der Waals surface area (Å²) in [6, 6.07) is 9.65. The van der Waals surface area contributed by atoms with E-state index in [1.54, 1.807) is 11.9 Å². The molecule has 0 amide bonds. The number of hydrogen-bond acceptors (Lipinski definition) is 5. The van der Waals surface area contributed by atoms with Crippen molar-refractivity contribution in [2.24, 2.45) is 10.7 Å². The Morgan fingerprint density at radius 2 is 2.03 bits per heavy atom. The van der Waals surface area contributed by atoms with Crippen molar-refractivity contribution in [2.75, 3.05) is 13.6 Å². The zero-order valence-electron chi connectivity index (χ0n) is 18.7. The van der Waals surface area contributed by atoms with Crippen molar-refractivity contribution >= 4 is 23.9 Å². The predicted octanol–water partition coefficient (Wildman–Crippen LogP) is 3.98. The topological polar surface area (TPSA) is 105 Å². The lowest BCUT2D eigenvalue weighted by Crippen LogP contribution is -2.35. The molecule has 1 unspecified atom stereocenters. The van der Waals surface area contributed by atoms with Gasteiger partial charge in [0.15, 0.2) is 0 Å². The van der Waals surface area contributed by atoms with E-state index in [0.29, 0.717) is 31.5 Å². The van der Waals surface area contributed by atoms with Gasteiger partial charge in [0.05, 0.1) is 6.54 Å². The van der Waals surface area contributed by atoms with Crippen molar-refractivity contribution in [1.82, 2.24) is 4.90 Å². The maximum Gasteiger partial charge on any atom is 0.326 e. The van der Waals surface area contributed by atoms with Crippen LogP contribution in [0.4, 0.5) is 0 Å². The van der Waals surface area contributed by atoms with Crippen LogP contribution in [0.25, 0.3) is 5.76 Å². The van der Waals surface area contributed by atoms with Gasteiger partial charge in [0, 0.05) is 25.2 Å². The number of ether oxygens (including phenoxy) is 1. The molecule has 1 fully saturated rings. The minimum absolute atomic E-state index is 0.420. The van der Waals surface area contributed by atoms with Crippen LogP contribution in [-0.2, 0) is 14.3 Å². The highest BCUT2D eigenvalue weighted by atomic mass is 16.5. The van der Waals surface area contributed by atoms with Crippen molar-refractivity contribution in [3.63, 3.8) is 0 Å². The van der Waals surface area contributed by atoms with Gasteiger partial charge < -0.3 is 20.5 Å². The minimum atomic E-state index is -0.836. The van der Waals surface area contributed by atoms with Gasteiger partial charge in [-0.25, -0.2) is 9.79 Å². The lowest BCUT2D eigenvalue weighted by molar-refractivity contribution is -0.141. The second-order valence-corrected chi connectivity index (χ2v) is 6.92. The molecule has 0 radical (unpaired) electrons. The van der Waals surface area contributed by atoms with Crippen molar-refractivity contribution in [3.8, 4) is 0 Å². The average Bonchev–Trinajstić information content (AvgIpc) is 3.16. The molecule has 0 aliphatic carbocycles. The molecule has 31 heavy (non-hydrogen) atoms. The third-order valence-electron chi connectivity index (χ3n) is 4.90. The molecule has 1 saturated heterocycles.